The number of fused-ring (bicyclic) bond motifs is 1. The van der Waals surface area contributed by atoms with Gasteiger partial charge in [0.2, 0.25) is 0 Å². The van der Waals surface area contributed by atoms with Gasteiger partial charge in [-0.1, -0.05) is 15.9 Å². The van der Waals surface area contributed by atoms with Crippen LogP contribution in [0.15, 0.2) is 22.7 Å². The summed E-state index contributed by atoms with van der Waals surface area (Å²) in [6.45, 7) is -0.325. The van der Waals surface area contributed by atoms with Gasteiger partial charge in [-0.2, -0.15) is 8.78 Å². The molecule has 0 bridgehead atoms. The minimum Gasteiger partial charge on any atom is -0.303 e. The quantitative estimate of drug-likeness (QED) is 0.857. The number of nitrogens with zero attached hydrogens (tertiary/aromatic N) is 2. The summed E-state index contributed by atoms with van der Waals surface area (Å²) in [7, 11) is 3.25. The van der Waals surface area contributed by atoms with Crippen molar-refractivity contribution < 1.29 is 8.78 Å². The molecule has 1 heterocycles. The third-order valence-electron chi connectivity index (χ3n) is 2.18. The molecule has 2 rings (SSSR count). The van der Waals surface area contributed by atoms with Gasteiger partial charge in [-0.15, -0.1) is 11.3 Å². The standard InChI is InChI=1S/C11H11BrF2N2S/c1-16(2)6-11(13,14)10-15-8-5-7(12)3-4-9(8)17-10/h3-5H,6H2,1-2H3. The molecule has 0 aliphatic carbocycles. The molecule has 0 atom stereocenters. The lowest BCUT2D eigenvalue weighted by molar-refractivity contribution is -0.0269. The van der Waals surface area contributed by atoms with Crippen molar-refractivity contribution in [1.82, 2.24) is 9.88 Å². The predicted molar refractivity (Wildman–Crippen MR) is 69.8 cm³/mol. The van der Waals surface area contributed by atoms with Crippen molar-refractivity contribution in [2.45, 2.75) is 5.92 Å². The summed E-state index contributed by atoms with van der Waals surface area (Å²) in [6.07, 6.45) is 0. The molecule has 2 aromatic rings. The van der Waals surface area contributed by atoms with Gasteiger partial charge in [0.05, 0.1) is 16.8 Å². The molecule has 0 saturated heterocycles. The molecule has 0 radical (unpaired) electrons. The van der Waals surface area contributed by atoms with E-state index in [0.717, 1.165) is 20.5 Å². The molecule has 0 saturated carbocycles. The number of thiazole rings is 1. The van der Waals surface area contributed by atoms with Crippen LogP contribution in [0.1, 0.15) is 5.01 Å². The number of hydrogen-bond donors (Lipinski definition) is 0. The molecule has 0 spiro atoms. The van der Waals surface area contributed by atoms with E-state index in [4.69, 9.17) is 0 Å². The summed E-state index contributed by atoms with van der Waals surface area (Å²) in [5.41, 5.74) is 0.609. The average molecular weight is 321 g/mol. The number of halogens is 3. The SMILES string of the molecule is CN(C)CC(F)(F)c1nc2cc(Br)ccc2s1. The summed E-state index contributed by atoms with van der Waals surface area (Å²) < 4.78 is 29.3. The third-order valence-corrected chi connectivity index (χ3v) is 3.82. The van der Waals surface area contributed by atoms with Gasteiger partial charge in [-0.25, -0.2) is 4.98 Å². The van der Waals surface area contributed by atoms with E-state index in [1.807, 2.05) is 6.07 Å². The van der Waals surface area contributed by atoms with Gasteiger partial charge >= 0.3 is 5.92 Å². The first kappa shape index (κ1) is 12.9. The van der Waals surface area contributed by atoms with E-state index in [1.54, 1.807) is 26.2 Å². The van der Waals surface area contributed by atoms with Crippen molar-refractivity contribution in [2.24, 2.45) is 0 Å². The highest BCUT2D eigenvalue weighted by atomic mass is 79.9. The Morgan fingerprint density at radius 3 is 2.76 bits per heavy atom. The summed E-state index contributed by atoms with van der Waals surface area (Å²) in [6, 6.07) is 5.38. The fourth-order valence-electron chi connectivity index (χ4n) is 1.52. The van der Waals surface area contributed by atoms with Gasteiger partial charge in [0.15, 0.2) is 5.01 Å². The zero-order valence-corrected chi connectivity index (χ0v) is 11.8. The van der Waals surface area contributed by atoms with Gasteiger partial charge in [0, 0.05) is 4.47 Å². The van der Waals surface area contributed by atoms with E-state index in [2.05, 4.69) is 20.9 Å². The van der Waals surface area contributed by atoms with Crippen molar-refractivity contribution in [3.8, 4) is 0 Å². The molecular weight excluding hydrogens is 310 g/mol. The van der Waals surface area contributed by atoms with Crippen LogP contribution in [-0.4, -0.2) is 30.5 Å². The molecule has 2 nitrogen and oxygen atoms in total. The lowest BCUT2D eigenvalue weighted by Gasteiger charge is -2.17. The van der Waals surface area contributed by atoms with Crippen molar-refractivity contribution in [3.63, 3.8) is 0 Å². The smallest absolute Gasteiger partial charge is 0.303 e. The summed E-state index contributed by atoms with van der Waals surface area (Å²) in [4.78, 5) is 5.47. The van der Waals surface area contributed by atoms with E-state index in [1.165, 1.54) is 4.90 Å². The normalized spacial score (nSPS) is 12.6. The van der Waals surface area contributed by atoms with Gasteiger partial charge in [0.25, 0.3) is 0 Å². The van der Waals surface area contributed by atoms with Crippen LogP contribution >= 0.6 is 27.3 Å². The Morgan fingerprint density at radius 2 is 2.12 bits per heavy atom. The summed E-state index contributed by atoms with van der Waals surface area (Å²) in [5, 5.41) is -0.126. The van der Waals surface area contributed by atoms with Crippen molar-refractivity contribution >= 4 is 37.5 Å². The second-order valence-electron chi connectivity index (χ2n) is 4.07. The number of aromatic nitrogens is 1. The van der Waals surface area contributed by atoms with Crippen molar-refractivity contribution in [3.05, 3.63) is 27.7 Å². The number of hydrogen-bond acceptors (Lipinski definition) is 3. The van der Waals surface area contributed by atoms with Crippen LogP contribution < -0.4 is 0 Å². The Hall–Kier alpha value is -0.590. The Bertz CT molecular complexity index is 539. The zero-order valence-electron chi connectivity index (χ0n) is 9.38. The molecule has 17 heavy (non-hydrogen) atoms. The molecule has 0 N–H and O–H groups in total. The second kappa shape index (κ2) is 4.59. The van der Waals surface area contributed by atoms with E-state index in [0.29, 0.717) is 5.52 Å². The van der Waals surface area contributed by atoms with E-state index in [-0.39, 0.29) is 11.6 Å². The molecular formula is C11H11BrF2N2S. The summed E-state index contributed by atoms with van der Waals surface area (Å²) in [5.74, 6) is -2.90. The highest BCUT2D eigenvalue weighted by Crippen LogP contribution is 2.35. The largest absolute Gasteiger partial charge is 0.311 e. The highest BCUT2D eigenvalue weighted by molar-refractivity contribution is 9.10. The number of alkyl halides is 2. The van der Waals surface area contributed by atoms with Crippen LogP contribution in [0.25, 0.3) is 10.2 Å². The molecule has 92 valence electrons. The van der Waals surface area contributed by atoms with E-state index >= 15 is 0 Å². The predicted octanol–water partition coefficient (Wildman–Crippen LogP) is 3.71. The van der Waals surface area contributed by atoms with Crippen molar-refractivity contribution in [1.29, 1.82) is 0 Å². The first-order valence-corrected chi connectivity index (χ1v) is 6.58. The average Bonchev–Trinajstić information content (AvgIpc) is 2.58. The van der Waals surface area contributed by atoms with Gasteiger partial charge < -0.3 is 4.90 Å². The maximum atomic E-state index is 13.8. The number of benzene rings is 1. The second-order valence-corrected chi connectivity index (χ2v) is 6.02. The van der Waals surface area contributed by atoms with Crippen LogP contribution in [0, 0.1) is 0 Å². The fraction of sp³-hybridized carbons (Fsp3) is 0.364. The molecule has 0 aliphatic heterocycles. The minimum absolute atomic E-state index is 0.126. The van der Waals surface area contributed by atoms with E-state index < -0.39 is 5.92 Å². The highest BCUT2D eigenvalue weighted by Gasteiger charge is 2.35. The van der Waals surface area contributed by atoms with Gasteiger partial charge in [0.1, 0.15) is 0 Å². The number of rotatable bonds is 3. The van der Waals surface area contributed by atoms with Crippen LogP contribution in [-0.2, 0) is 5.92 Å². The summed E-state index contributed by atoms with van der Waals surface area (Å²) >= 11 is 4.35. The lowest BCUT2D eigenvalue weighted by Crippen LogP contribution is -2.29. The number of likely N-dealkylation sites (N-methyl/N-ethyl adjacent to an activating group) is 1. The Morgan fingerprint density at radius 1 is 1.41 bits per heavy atom. The van der Waals surface area contributed by atoms with Crippen molar-refractivity contribution in [2.75, 3.05) is 20.6 Å². The maximum Gasteiger partial charge on any atom is 0.311 e. The minimum atomic E-state index is -2.90. The van der Waals surface area contributed by atoms with Crippen LogP contribution in [0.5, 0.6) is 0 Å². The Balaban J connectivity index is 2.42. The molecule has 1 aromatic carbocycles. The monoisotopic (exact) mass is 320 g/mol. The lowest BCUT2D eigenvalue weighted by atomic mass is 10.3. The Kier molecular flexibility index (Phi) is 3.47. The molecule has 0 fully saturated rings. The maximum absolute atomic E-state index is 13.8. The molecule has 6 heteroatoms. The molecule has 1 aromatic heterocycles. The van der Waals surface area contributed by atoms with Crippen LogP contribution in [0.2, 0.25) is 0 Å². The van der Waals surface area contributed by atoms with Crippen LogP contribution in [0.3, 0.4) is 0 Å². The Labute approximate surface area is 110 Å². The molecule has 0 amide bonds. The van der Waals surface area contributed by atoms with Gasteiger partial charge in [-0.3, -0.25) is 0 Å². The molecule has 0 unspecified atom stereocenters. The molecule has 0 aliphatic rings. The fourth-order valence-corrected chi connectivity index (χ4v) is 2.78. The topological polar surface area (TPSA) is 16.1 Å². The van der Waals surface area contributed by atoms with Gasteiger partial charge in [-0.05, 0) is 32.3 Å². The first-order valence-electron chi connectivity index (χ1n) is 4.97. The van der Waals surface area contributed by atoms with Crippen LogP contribution in [0.4, 0.5) is 8.78 Å². The zero-order chi connectivity index (χ0) is 12.6. The van der Waals surface area contributed by atoms with E-state index in [9.17, 15) is 8.78 Å². The first-order chi connectivity index (χ1) is 7.88. The third kappa shape index (κ3) is 2.81.